The van der Waals surface area contributed by atoms with Crippen LogP contribution < -0.4 is 0 Å². The molecular weight excluding hydrogens is 440 g/mol. The summed E-state index contributed by atoms with van der Waals surface area (Å²) in [5, 5.41) is 11.9. The third-order valence-electron chi connectivity index (χ3n) is 5.50. The van der Waals surface area contributed by atoms with Crippen LogP contribution in [-0.4, -0.2) is 27.7 Å². The van der Waals surface area contributed by atoms with Gasteiger partial charge in [-0.15, -0.1) is 11.3 Å². The number of carbonyl (C=O) groups excluding carboxylic acids is 1. The number of unbranched alkanes of at least 4 members (excludes halogenated alkanes) is 1. The SMILES string of the molecule is CCCCOC(=O)C1CCC([C@](C)(O)c2ncc(-c3cccc(Br)n3)s2)CC1. The van der Waals surface area contributed by atoms with Crippen molar-refractivity contribution in [3.8, 4) is 10.6 Å². The number of pyridine rings is 1. The predicted molar refractivity (Wildman–Crippen MR) is 114 cm³/mol. The Kier molecular flexibility index (Phi) is 7.23. The number of esters is 1. The third-order valence-corrected chi connectivity index (χ3v) is 7.19. The lowest BCUT2D eigenvalue weighted by molar-refractivity contribution is -0.151. The van der Waals surface area contributed by atoms with E-state index in [1.54, 1.807) is 6.20 Å². The quantitative estimate of drug-likeness (QED) is 0.339. The van der Waals surface area contributed by atoms with Gasteiger partial charge in [0.05, 0.1) is 23.1 Å². The summed E-state index contributed by atoms with van der Waals surface area (Å²) in [6.07, 6.45) is 6.83. The Morgan fingerprint density at radius 1 is 1.36 bits per heavy atom. The highest BCUT2D eigenvalue weighted by Gasteiger charge is 2.40. The molecule has 1 aliphatic rings. The molecule has 0 spiro atoms. The van der Waals surface area contributed by atoms with Gasteiger partial charge in [-0.05, 0) is 73.0 Å². The highest BCUT2D eigenvalue weighted by atomic mass is 79.9. The molecule has 1 saturated carbocycles. The molecule has 28 heavy (non-hydrogen) atoms. The van der Waals surface area contributed by atoms with E-state index in [0.717, 1.165) is 53.7 Å². The molecule has 1 fully saturated rings. The maximum absolute atomic E-state index is 12.2. The Morgan fingerprint density at radius 2 is 2.11 bits per heavy atom. The van der Waals surface area contributed by atoms with Crippen LogP contribution in [-0.2, 0) is 15.1 Å². The summed E-state index contributed by atoms with van der Waals surface area (Å²) in [5.41, 5.74) is -0.168. The van der Waals surface area contributed by atoms with Crippen LogP contribution in [0.25, 0.3) is 10.6 Å². The number of nitrogens with zero attached hydrogens (tertiary/aromatic N) is 2. The van der Waals surface area contributed by atoms with Crippen molar-refractivity contribution in [2.45, 2.75) is 58.0 Å². The van der Waals surface area contributed by atoms with E-state index in [-0.39, 0.29) is 17.8 Å². The maximum Gasteiger partial charge on any atom is 0.308 e. The zero-order valence-corrected chi connectivity index (χ0v) is 18.8. The number of aliphatic hydroxyl groups is 1. The molecular formula is C21H27BrN2O3S. The second-order valence-corrected chi connectivity index (χ2v) is 9.44. The van der Waals surface area contributed by atoms with Crippen molar-refractivity contribution in [2.24, 2.45) is 11.8 Å². The van der Waals surface area contributed by atoms with E-state index in [9.17, 15) is 9.90 Å². The van der Waals surface area contributed by atoms with Gasteiger partial charge in [0.25, 0.3) is 0 Å². The van der Waals surface area contributed by atoms with Crippen LogP contribution in [0.15, 0.2) is 29.0 Å². The number of rotatable bonds is 7. The number of aromatic nitrogens is 2. The number of carbonyl (C=O) groups is 1. The Morgan fingerprint density at radius 3 is 2.79 bits per heavy atom. The molecule has 2 heterocycles. The topological polar surface area (TPSA) is 72.3 Å². The van der Waals surface area contributed by atoms with Crippen molar-refractivity contribution in [1.29, 1.82) is 0 Å². The summed E-state index contributed by atoms with van der Waals surface area (Å²) in [5.74, 6) is -0.0351. The fourth-order valence-corrected chi connectivity index (χ4v) is 5.03. The van der Waals surface area contributed by atoms with Crippen molar-refractivity contribution in [3.05, 3.63) is 34.0 Å². The van der Waals surface area contributed by atoms with Gasteiger partial charge in [-0.25, -0.2) is 9.97 Å². The van der Waals surface area contributed by atoms with Crippen LogP contribution in [0.1, 0.15) is 57.4 Å². The number of ether oxygens (including phenoxy) is 1. The second kappa shape index (κ2) is 9.46. The first-order valence-corrected chi connectivity index (χ1v) is 11.5. The lowest BCUT2D eigenvalue weighted by Gasteiger charge is -2.36. The molecule has 2 aromatic heterocycles. The fourth-order valence-electron chi connectivity index (χ4n) is 3.67. The molecule has 1 aliphatic carbocycles. The smallest absolute Gasteiger partial charge is 0.308 e. The lowest BCUT2D eigenvalue weighted by atomic mass is 9.74. The van der Waals surface area contributed by atoms with Gasteiger partial charge in [-0.1, -0.05) is 19.4 Å². The number of thiazole rings is 1. The Hall–Kier alpha value is -1.31. The van der Waals surface area contributed by atoms with E-state index in [2.05, 4.69) is 32.8 Å². The third kappa shape index (κ3) is 4.99. The van der Waals surface area contributed by atoms with Crippen LogP contribution in [0.4, 0.5) is 0 Å². The van der Waals surface area contributed by atoms with Gasteiger partial charge in [0, 0.05) is 6.20 Å². The first-order valence-electron chi connectivity index (χ1n) is 9.90. The Bertz CT molecular complexity index is 800. The molecule has 0 amide bonds. The van der Waals surface area contributed by atoms with Crippen LogP contribution >= 0.6 is 27.3 Å². The first kappa shape index (κ1) is 21.4. The minimum absolute atomic E-state index is 0.0402. The number of hydrogen-bond donors (Lipinski definition) is 1. The van der Waals surface area contributed by atoms with Gasteiger partial charge >= 0.3 is 5.97 Å². The largest absolute Gasteiger partial charge is 0.465 e. The van der Waals surface area contributed by atoms with E-state index in [1.165, 1.54) is 11.3 Å². The van der Waals surface area contributed by atoms with Crippen molar-refractivity contribution in [3.63, 3.8) is 0 Å². The normalized spacial score (nSPS) is 21.9. The predicted octanol–water partition coefficient (Wildman–Crippen LogP) is 5.32. The summed E-state index contributed by atoms with van der Waals surface area (Å²) < 4.78 is 6.14. The van der Waals surface area contributed by atoms with Crippen LogP contribution in [0.2, 0.25) is 0 Å². The van der Waals surface area contributed by atoms with Gasteiger partial charge in [0.15, 0.2) is 0 Å². The summed E-state index contributed by atoms with van der Waals surface area (Å²) in [6.45, 7) is 4.44. The van der Waals surface area contributed by atoms with Crippen molar-refractivity contribution < 1.29 is 14.6 Å². The highest BCUT2D eigenvalue weighted by molar-refractivity contribution is 9.10. The van der Waals surface area contributed by atoms with E-state index in [0.29, 0.717) is 11.6 Å². The average Bonchev–Trinajstić information content (AvgIpc) is 3.19. The molecule has 1 atom stereocenters. The monoisotopic (exact) mass is 466 g/mol. The minimum atomic E-state index is -1.01. The molecule has 7 heteroatoms. The molecule has 0 unspecified atom stereocenters. The molecule has 0 radical (unpaired) electrons. The molecule has 0 aromatic carbocycles. The molecule has 152 valence electrons. The van der Waals surface area contributed by atoms with Crippen LogP contribution in [0.3, 0.4) is 0 Å². The van der Waals surface area contributed by atoms with Crippen LogP contribution in [0.5, 0.6) is 0 Å². The maximum atomic E-state index is 12.2. The van der Waals surface area contributed by atoms with Crippen molar-refractivity contribution in [2.75, 3.05) is 6.61 Å². The zero-order chi connectivity index (χ0) is 20.1. The summed E-state index contributed by atoms with van der Waals surface area (Å²) >= 11 is 4.87. The van der Waals surface area contributed by atoms with Crippen LogP contribution in [0, 0.1) is 11.8 Å². The minimum Gasteiger partial charge on any atom is -0.465 e. The zero-order valence-electron chi connectivity index (χ0n) is 16.4. The molecule has 0 aliphatic heterocycles. The molecule has 0 saturated heterocycles. The molecule has 1 N–H and O–H groups in total. The highest BCUT2D eigenvalue weighted by Crippen LogP contribution is 2.43. The Balaban J connectivity index is 1.62. The van der Waals surface area contributed by atoms with E-state index in [4.69, 9.17) is 4.74 Å². The van der Waals surface area contributed by atoms with E-state index < -0.39 is 5.60 Å². The van der Waals surface area contributed by atoms with Crippen molar-refractivity contribution in [1.82, 2.24) is 9.97 Å². The first-order chi connectivity index (χ1) is 13.4. The summed E-state index contributed by atoms with van der Waals surface area (Å²) in [4.78, 5) is 22.1. The lowest BCUT2D eigenvalue weighted by Crippen LogP contribution is -2.36. The van der Waals surface area contributed by atoms with E-state index in [1.807, 2.05) is 25.1 Å². The molecule has 5 nitrogen and oxygen atoms in total. The fraction of sp³-hybridized carbons (Fsp3) is 0.571. The molecule has 2 aromatic rings. The van der Waals surface area contributed by atoms with Gasteiger partial charge < -0.3 is 9.84 Å². The van der Waals surface area contributed by atoms with E-state index >= 15 is 0 Å². The van der Waals surface area contributed by atoms with Gasteiger partial charge in [-0.3, -0.25) is 4.79 Å². The summed E-state index contributed by atoms with van der Waals surface area (Å²) in [6, 6.07) is 5.75. The average molecular weight is 467 g/mol. The number of hydrogen-bond acceptors (Lipinski definition) is 6. The molecule has 0 bridgehead atoms. The van der Waals surface area contributed by atoms with Crippen molar-refractivity contribution >= 4 is 33.2 Å². The van der Waals surface area contributed by atoms with Gasteiger partial charge in [0.1, 0.15) is 15.2 Å². The standard InChI is InChI=1S/C21H27BrN2O3S/c1-3-4-12-27-19(25)14-8-10-15(11-9-14)21(2,26)20-23-13-17(28-20)16-6-5-7-18(22)24-16/h5-7,13-15,26H,3-4,8-12H2,1-2H3/t14?,15?,21-/m0/s1. The van der Waals surface area contributed by atoms with Gasteiger partial charge in [0.2, 0.25) is 0 Å². The van der Waals surface area contributed by atoms with Gasteiger partial charge in [-0.2, -0.15) is 0 Å². The second-order valence-electron chi connectivity index (χ2n) is 7.59. The number of halogens is 1. The summed E-state index contributed by atoms with van der Waals surface area (Å²) in [7, 11) is 0. The molecule has 3 rings (SSSR count). The Labute approximate surface area is 178 Å².